The Hall–Kier alpha value is -2.34. The molecular weight excluding hydrogens is 280 g/mol. The quantitative estimate of drug-likeness (QED) is 0.519. The van der Waals surface area contributed by atoms with Gasteiger partial charge >= 0.3 is 0 Å². The number of hydrazone groups is 1. The van der Waals surface area contributed by atoms with E-state index < -0.39 is 5.82 Å². The average Bonchev–Trinajstić information content (AvgIpc) is 2.42. The van der Waals surface area contributed by atoms with E-state index >= 15 is 0 Å². The van der Waals surface area contributed by atoms with Gasteiger partial charge < -0.3 is 5.73 Å². The van der Waals surface area contributed by atoms with E-state index in [1.54, 1.807) is 18.2 Å². The van der Waals surface area contributed by atoms with Gasteiger partial charge in [-0.2, -0.15) is 5.10 Å². The second-order valence-corrected chi connectivity index (χ2v) is 4.36. The van der Waals surface area contributed by atoms with Crippen molar-refractivity contribution in [3.8, 4) is 0 Å². The van der Waals surface area contributed by atoms with E-state index in [9.17, 15) is 8.78 Å². The summed E-state index contributed by atoms with van der Waals surface area (Å²) in [6.45, 7) is 0. The summed E-state index contributed by atoms with van der Waals surface area (Å²) >= 11 is 4.67. The number of benzene rings is 2. The van der Waals surface area contributed by atoms with Crippen LogP contribution in [0.1, 0.15) is 11.1 Å². The Morgan fingerprint density at radius 3 is 2.30 bits per heavy atom. The summed E-state index contributed by atoms with van der Waals surface area (Å²) in [5, 5.41) is 3.95. The molecule has 0 heterocycles. The Kier molecular flexibility index (Phi) is 4.37. The Labute approximate surface area is 120 Å². The second-order valence-electron chi connectivity index (χ2n) is 3.92. The molecule has 0 aromatic heterocycles. The van der Waals surface area contributed by atoms with Crippen molar-refractivity contribution in [3.05, 3.63) is 71.3 Å². The third-order valence-corrected chi connectivity index (χ3v) is 2.62. The van der Waals surface area contributed by atoms with Gasteiger partial charge in [-0.3, -0.25) is 5.43 Å². The molecule has 2 aromatic rings. The summed E-state index contributed by atoms with van der Waals surface area (Å²) in [4.78, 5) is 0. The molecule has 20 heavy (non-hydrogen) atoms. The predicted octanol–water partition coefficient (Wildman–Crippen LogP) is 2.55. The number of thiocarbonyl (C=S) groups is 1. The van der Waals surface area contributed by atoms with Crippen LogP contribution in [0.4, 0.5) is 8.78 Å². The first kappa shape index (κ1) is 14.1. The number of nitrogens with zero attached hydrogens (tertiary/aromatic N) is 1. The van der Waals surface area contributed by atoms with Crippen LogP contribution in [0.15, 0.2) is 53.6 Å². The van der Waals surface area contributed by atoms with Crippen LogP contribution in [0.2, 0.25) is 0 Å². The molecule has 0 bridgehead atoms. The molecule has 0 aliphatic carbocycles. The molecule has 102 valence electrons. The minimum absolute atomic E-state index is 0.0408. The Bertz CT molecular complexity index is 654. The molecule has 3 nitrogen and oxygen atoms in total. The molecule has 0 amide bonds. The SMILES string of the molecule is NC(=S)N/N=C(\c1ccc(F)cc1)c1ccccc1F. The van der Waals surface area contributed by atoms with Gasteiger partial charge in [0, 0.05) is 11.1 Å². The van der Waals surface area contributed by atoms with Crippen LogP contribution in [0, 0.1) is 11.6 Å². The van der Waals surface area contributed by atoms with Crippen LogP contribution in [-0.4, -0.2) is 10.8 Å². The zero-order chi connectivity index (χ0) is 14.5. The normalized spacial score (nSPS) is 11.2. The largest absolute Gasteiger partial charge is 0.375 e. The van der Waals surface area contributed by atoms with Crippen LogP contribution in [-0.2, 0) is 0 Å². The van der Waals surface area contributed by atoms with Crippen LogP contribution in [0.3, 0.4) is 0 Å². The highest BCUT2D eigenvalue weighted by Crippen LogP contribution is 2.14. The fourth-order valence-electron chi connectivity index (χ4n) is 1.65. The summed E-state index contributed by atoms with van der Waals surface area (Å²) in [7, 11) is 0. The molecule has 0 radical (unpaired) electrons. The van der Waals surface area contributed by atoms with E-state index in [0.717, 1.165) is 0 Å². The summed E-state index contributed by atoms with van der Waals surface area (Å²) in [5.41, 5.74) is 8.84. The minimum Gasteiger partial charge on any atom is -0.375 e. The fourth-order valence-corrected chi connectivity index (χ4v) is 1.70. The van der Waals surface area contributed by atoms with Gasteiger partial charge in [0.25, 0.3) is 0 Å². The molecular formula is C14H11F2N3S. The highest BCUT2D eigenvalue weighted by Gasteiger charge is 2.12. The van der Waals surface area contributed by atoms with Crippen molar-refractivity contribution in [2.45, 2.75) is 0 Å². The van der Waals surface area contributed by atoms with Gasteiger partial charge in [0.1, 0.15) is 17.3 Å². The zero-order valence-corrected chi connectivity index (χ0v) is 11.1. The number of rotatable bonds is 3. The lowest BCUT2D eigenvalue weighted by Gasteiger charge is -2.08. The van der Waals surface area contributed by atoms with E-state index in [1.165, 1.54) is 30.3 Å². The maximum absolute atomic E-state index is 13.9. The Morgan fingerprint density at radius 1 is 1.05 bits per heavy atom. The van der Waals surface area contributed by atoms with E-state index in [-0.39, 0.29) is 22.2 Å². The first-order valence-electron chi connectivity index (χ1n) is 5.72. The average molecular weight is 291 g/mol. The summed E-state index contributed by atoms with van der Waals surface area (Å²) in [6, 6.07) is 11.7. The lowest BCUT2D eigenvalue weighted by Crippen LogP contribution is -2.26. The van der Waals surface area contributed by atoms with Crippen molar-refractivity contribution < 1.29 is 8.78 Å². The number of nitrogens with two attached hydrogens (primary N) is 1. The number of hydrogen-bond donors (Lipinski definition) is 2. The lowest BCUT2D eigenvalue weighted by atomic mass is 10.0. The van der Waals surface area contributed by atoms with Crippen LogP contribution in [0.5, 0.6) is 0 Å². The van der Waals surface area contributed by atoms with Crippen molar-refractivity contribution >= 4 is 23.0 Å². The first-order valence-corrected chi connectivity index (χ1v) is 6.12. The monoisotopic (exact) mass is 291 g/mol. The number of hydrogen-bond acceptors (Lipinski definition) is 2. The van der Waals surface area contributed by atoms with Crippen molar-refractivity contribution in [3.63, 3.8) is 0 Å². The highest BCUT2D eigenvalue weighted by atomic mass is 32.1. The highest BCUT2D eigenvalue weighted by molar-refractivity contribution is 7.80. The lowest BCUT2D eigenvalue weighted by molar-refractivity contribution is 0.625. The topological polar surface area (TPSA) is 50.4 Å². The molecule has 0 saturated carbocycles. The van der Waals surface area contributed by atoms with Crippen molar-refractivity contribution in [1.29, 1.82) is 0 Å². The smallest absolute Gasteiger partial charge is 0.184 e. The van der Waals surface area contributed by atoms with Crippen LogP contribution in [0.25, 0.3) is 0 Å². The van der Waals surface area contributed by atoms with E-state index in [2.05, 4.69) is 22.7 Å². The van der Waals surface area contributed by atoms with Crippen molar-refractivity contribution in [2.75, 3.05) is 0 Å². The molecule has 0 atom stereocenters. The molecule has 6 heteroatoms. The molecule has 0 spiro atoms. The first-order chi connectivity index (χ1) is 9.58. The summed E-state index contributed by atoms with van der Waals surface area (Å²) in [6.07, 6.45) is 0. The third-order valence-electron chi connectivity index (χ3n) is 2.52. The predicted molar refractivity (Wildman–Crippen MR) is 78.4 cm³/mol. The van der Waals surface area contributed by atoms with Gasteiger partial charge in [-0.15, -0.1) is 0 Å². The molecule has 2 aromatic carbocycles. The molecule has 2 rings (SSSR count). The van der Waals surface area contributed by atoms with E-state index in [4.69, 9.17) is 5.73 Å². The molecule has 0 aliphatic rings. The molecule has 0 unspecified atom stereocenters. The van der Waals surface area contributed by atoms with Crippen molar-refractivity contribution in [2.24, 2.45) is 10.8 Å². The third kappa shape index (κ3) is 3.36. The van der Waals surface area contributed by atoms with Gasteiger partial charge in [-0.25, -0.2) is 8.78 Å². The Morgan fingerprint density at radius 2 is 1.70 bits per heavy atom. The maximum atomic E-state index is 13.9. The van der Waals surface area contributed by atoms with Gasteiger partial charge in [0.05, 0.1) is 0 Å². The van der Waals surface area contributed by atoms with Gasteiger partial charge in [0.2, 0.25) is 0 Å². The molecule has 0 fully saturated rings. The van der Waals surface area contributed by atoms with Crippen molar-refractivity contribution in [1.82, 2.24) is 5.43 Å². The minimum atomic E-state index is -0.444. The maximum Gasteiger partial charge on any atom is 0.184 e. The van der Waals surface area contributed by atoms with Gasteiger partial charge in [-0.05, 0) is 48.6 Å². The van der Waals surface area contributed by atoms with Gasteiger partial charge in [-0.1, -0.05) is 12.1 Å². The Balaban J connectivity index is 2.50. The number of nitrogens with one attached hydrogen (secondary N) is 1. The van der Waals surface area contributed by atoms with Crippen LogP contribution >= 0.6 is 12.2 Å². The van der Waals surface area contributed by atoms with Crippen LogP contribution < -0.4 is 11.2 Å². The second kappa shape index (κ2) is 6.21. The van der Waals surface area contributed by atoms with E-state index in [1.807, 2.05) is 0 Å². The molecule has 0 saturated heterocycles. The standard InChI is InChI=1S/C14H11F2N3S/c15-10-7-5-9(6-8-10)13(18-19-14(17)20)11-3-1-2-4-12(11)16/h1-8H,(H3,17,19,20)/b18-13+. The fraction of sp³-hybridized carbons (Fsp3) is 0. The summed E-state index contributed by atoms with van der Waals surface area (Å²) in [5.74, 6) is -0.829. The van der Waals surface area contributed by atoms with E-state index in [0.29, 0.717) is 5.56 Å². The number of halogens is 2. The summed E-state index contributed by atoms with van der Waals surface area (Å²) < 4.78 is 26.9. The zero-order valence-electron chi connectivity index (χ0n) is 10.3. The molecule has 0 aliphatic heterocycles. The molecule has 3 N–H and O–H groups in total. The van der Waals surface area contributed by atoms with Gasteiger partial charge in [0.15, 0.2) is 5.11 Å².